The van der Waals surface area contributed by atoms with E-state index in [9.17, 15) is 24.9 Å². The van der Waals surface area contributed by atoms with Gasteiger partial charge in [-0.2, -0.15) is 0 Å². The summed E-state index contributed by atoms with van der Waals surface area (Å²) < 4.78 is 0. The van der Waals surface area contributed by atoms with Gasteiger partial charge in [-0.1, -0.05) is 146 Å². The van der Waals surface area contributed by atoms with Gasteiger partial charge in [-0.15, -0.1) is 0 Å². The van der Waals surface area contributed by atoms with Crippen LogP contribution in [0.1, 0.15) is 44.5 Å². The molecule has 0 saturated heterocycles. The van der Waals surface area contributed by atoms with Crippen LogP contribution < -0.4 is 53.6 Å². The predicted octanol–water partition coefficient (Wildman–Crippen LogP) is 6.54. The average molecular weight is 1680 g/mol. The highest BCUT2D eigenvalue weighted by atomic mass is 16.4. The Labute approximate surface area is 712 Å². The summed E-state index contributed by atoms with van der Waals surface area (Å²) in [7, 11) is 0. The Morgan fingerprint density at radius 2 is 0.376 bits per heavy atom. The average Bonchev–Trinajstić information content (AvgIpc) is 1.73. The number of aliphatic hydroxyl groups is 2. The van der Waals surface area contributed by atoms with E-state index in [0.717, 1.165) is 32.7 Å². The number of nitrogens with two attached hydrogens (primary N) is 1. The third-order valence-corrected chi connectivity index (χ3v) is 23.2. The van der Waals surface area contributed by atoms with Crippen molar-refractivity contribution in [3.63, 3.8) is 0 Å². The summed E-state index contributed by atoms with van der Waals surface area (Å²) in [4.78, 5) is 177. The van der Waals surface area contributed by atoms with Crippen LogP contribution >= 0.6 is 0 Å². The summed E-state index contributed by atoms with van der Waals surface area (Å²) in [6.45, 7) is -1.82. The third kappa shape index (κ3) is 18.8. The molecule has 0 fully saturated rings. The number of aliphatic carboxylic acids is 1. The predicted molar refractivity (Wildman–Crippen MR) is 473 cm³/mol. The molecule has 9 amide bonds. The van der Waals surface area contributed by atoms with Crippen molar-refractivity contribution < 1.29 is 63.3 Å². The standard InChI is InChI=1S/C94H92N18O13/c95-67(49-113)85(115)104-76(33-51-41-96-68-25-9-1-17-59(51)68)86(116)105-77(34-52-42-97-69-26-10-2-18-60(52)69)87(117)106-79(36-54-44-99-71-28-12-4-20-62(54)71)89(119)109-82(39-57-47-102-74-31-15-7-23-65(57)74)92(122)112-84(50-114)93(123)110-80(37-55-45-100-72-29-13-5-21-63(55)72)90(120)107-78(35-53-43-98-70-27-11-3-19-61(53)70)88(118)108-81(38-56-46-101-73-30-14-6-22-64(56)73)91(121)111-83(94(124)125)40-58-48-103-75-32-16-8-24-66(58)75/h1-32,41-48,67,76-84,96-103,113-114H,33-40,49-50,95H2,(H,104,115)(H,105,116)(H,106,117)(H,107,120)(H,108,118)(H,109,119)(H,110,123)(H,111,121)(H,112,122)(H,124,125)/t67-,76-,77-,78-,79-,80-,81-,82-,83-,84-/m0/s1. The minimum atomic E-state index is -1.87. The number of nitrogens with one attached hydrogen (secondary N) is 17. The molecule has 8 aromatic heterocycles. The highest BCUT2D eigenvalue weighted by Crippen LogP contribution is 2.29. The van der Waals surface area contributed by atoms with Crippen LogP contribution in [0.4, 0.5) is 0 Å². The minimum Gasteiger partial charge on any atom is -0.480 e. The van der Waals surface area contributed by atoms with E-state index in [-0.39, 0.29) is 51.4 Å². The molecule has 0 aliphatic rings. The second-order valence-electron chi connectivity index (χ2n) is 31.4. The molecule has 0 bridgehead atoms. The van der Waals surface area contributed by atoms with Crippen molar-refractivity contribution in [2.24, 2.45) is 5.73 Å². The number of carbonyl (C=O) groups excluding carboxylic acids is 9. The van der Waals surface area contributed by atoms with Crippen LogP contribution in [0.3, 0.4) is 0 Å². The van der Waals surface area contributed by atoms with Crippen molar-refractivity contribution in [1.29, 1.82) is 0 Å². The van der Waals surface area contributed by atoms with Crippen molar-refractivity contribution >= 4 is 146 Å². The van der Waals surface area contributed by atoms with Crippen LogP contribution in [0.15, 0.2) is 244 Å². The molecule has 0 aliphatic heterocycles. The molecule has 8 aromatic carbocycles. The summed E-state index contributed by atoms with van der Waals surface area (Å²) in [6.07, 6.45) is 11.9. The van der Waals surface area contributed by atoms with E-state index in [1.807, 2.05) is 158 Å². The number of aliphatic hydroxyl groups excluding tert-OH is 2. The van der Waals surface area contributed by atoms with E-state index in [0.29, 0.717) is 99.0 Å². The van der Waals surface area contributed by atoms with Gasteiger partial charge in [0.15, 0.2) is 0 Å². The second-order valence-corrected chi connectivity index (χ2v) is 31.4. The lowest BCUT2D eigenvalue weighted by Gasteiger charge is -2.28. The molecule has 0 saturated carbocycles. The van der Waals surface area contributed by atoms with Gasteiger partial charge in [-0.3, -0.25) is 43.2 Å². The number of para-hydroxylation sites is 8. The van der Waals surface area contributed by atoms with Gasteiger partial charge in [0.2, 0.25) is 53.2 Å². The highest BCUT2D eigenvalue weighted by molar-refractivity contribution is 6.02. The van der Waals surface area contributed by atoms with Gasteiger partial charge in [0.1, 0.15) is 60.4 Å². The molecule has 0 spiro atoms. The van der Waals surface area contributed by atoms with E-state index >= 15 is 38.4 Å². The fourth-order valence-corrected chi connectivity index (χ4v) is 16.6. The summed E-state index contributed by atoms with van der Waals surface area (Å²) in [5, 5.41) is 63.2. The van der Waals surface area contributed by atoms with Gasteiger partial charge in [0.05, 0.1) is 13.2 Å². The number of carboxylic acids is 1. The fraction of sp³-hybridized carbons (Fsp3) is 0.213. The Hall–Kier alpha value is -15.3. The zero-order chi connectivity index (χ0) is 86.8. The molecule has 31 nitrogen and oxygen atoms in total. The Kier molecular flexibility index (Phi) is 24.9. The zero-order valence-electron chi connectivity index (χ0n) is 67.4. The lowest BCUT2D eigenvalue weighted by atomic mass is 9.99. The first-order chi connectivity index (χ1) is 60.8. The van der Waals surface area contributed by atoms with E-state index in [4.69, 9.17) is 5.73 Å². The maximum absolute atomic E-state index is 15.9. The van der Waals surface area contributed by atoms with E-state index < -0.39 is 133 Å². The molecule has 31 heteroatoms. The van der Waals surface area contributed by atoms with Crippen LogP contribution in [0.2, 0.25) is 0 Å². The van der Waals surface area contributed by atoms with Crippen LogP contribution in [-0.4, -0.2) is 188 Å². The number of carbonyl (C=O) groups is 10. The van der Waals surface area contributed by atoms with Crippen molar-refractivity contribution in [3.8, 4) is 0 Å². The number of hydrogen-bond donors (Lipinski definition) is 21. The molecule has 0 unspecified atom stereocenters. The van der Waals surface area contributed by atoms with E-state index in [1.54, 1.807) is 86.0 Å². The van der Waals surface area contributed by atoms with Crippen molar-refractivity contribution in [2.75, 3.05) is 13.2 Å². The first-order valence-electron chi connectivity index (χ1n) is 41.1. The second kappa shape index (κ2) is 37.3. The monoisotopic (exact) mass is 1680 g/mol. The van der Waals surface area contributed by atoms with Crippen molar-refractivity contribution in [1.82, 2.24) is 87.7 Å². The quantitative estimate of drug-likeness (QED) is 0.0197. The molecule has 0 radical (unpaired) electrons. The lowest BCUT2D eigenvalue weighted by Crippen LogP contribution is -2.62. The van der Waals surface area contributed by atoms with E-state index in [2.05, 4.69) is 87.7 Å². The highest BCUT2D eigenvalue weighted by Gasteiger charge is 2.39. The maximum atomic E-state index is 15.9. The molecule has 22 N–H and O–H groups in total. The number of amides is 9. The molecule has 125 heavy (non-hydrogen) atoms. The molecule has 10 atom stereocenters. The first kappa shape index (κ1) is 83.3. The number of aromatic amines is 8. The number of rotatable bonds is 37. The van der Waals surface area contributed by atoms with Crippen LogP contribution in [0.5, 0.6) is 0 Å². The fourth-order valence-electron chi connectivity index (χ4n) is 16.6. The topological polar surface area (TPSA) is 492 Å². The summed E-state index contributed by atoms with van der Waals surface area (Å²) in [6, 6.07) is 42.8. The minimum absolute atomic E-state index is 0.102. The Bertz CT molecular complexity index is 6700. The first-order valence-corrected chi connectivity index (χ1v) is 41.1. The van der Waals surface area contributed by atoms with Gasteiger partial charge in [-0.05, 0) is 93.0 Å². The lowest BCUT2D eigenvalue weighted by molar-refractivity contribution is -0.142. The number of benzene rings is 8. The van der Waals surface area contributed by atoms with Gasteiger partial charge in [0.25, 0.3) is 0 Å². The summed E-state index contributed by atoms with van der Waals surface area (Å²) in [5.41, 5.74) is 16.3. The number of aromatic nitrogens is 8. The molecule has 0 aliphatic carbocycles. The Morgan fingerprint density at radius 3 is 0.552 bits per heavy atom. The number of fused-ring (bicyclic) bond motifs is 8. The molecule has 16 rings (SSSR count). The molecule has 636 valence electrons. The summed E-state index contributed by atoms with van der Waals surface area (Å²) in [5.74, 6) is -9.51. The van der Waals surface area contributed by atoms with Gasteiger partial charge >= 0.3 is 5.97 Å². The van der Waals surface area contributed by atoms with Gasteiger partial charge in [-0.25, -0.2) is 4.79 Å². The Balaban J connectivity index is 0.699. The van der Waals surface area contributed by atoms with Crippen LogP contribution in [0, 0.1) is 0 Å². The SMILES string of the molecule is N[C@@H](CO)C(=O)N[C@@H](Cc1c[nH]c2ccccc12)C(=O)N[C@@H](Cc1c[nH]c2ccccc12)C(=O)N[C@@H](Cc1c[nH]c2ccccc12)C(=O)N[C@@H](Cc1c[nH]c2ccccc12)C(=O)N[C@@H](CO)C(=O)N[C@@H](Cc1c[nH]c2ccccc12)C(=O)N[C@@H](Cc1c[nH]c2ccccc12)C(=O)N[C@@H](Cc1c[nH]c2ccccc12)C(=O)N[C@@H](Cc1c[nH]c2ccccc12)C(=O)O. The van der Waals surface area contributed by atoms with Crippen LogP contribution in [0.25, 0.3) is 87.2 Å². The Morgan fingerprint density at radius 1 is 0.224 bits per heavy atom. The molecule has 8 heterocycles. The molecular weight excluding hydrogens is 1590 g/mol. The number of hydrogen-bond acceptors (Lipinski definition) is 13. The molecular formula is C94H92N18O13. The van der Waals surface area contributed by atoms with Crippen molar-refractivity contribution in [2.45, 2.75) is 112 Å². The number of carboxylic acid groups (broad SMARTS) is 1. The zero-order valence-corrected chi connectivity index (χ0v) is 67.4. The van der Waals surface area contributed by atoms with Gasteiger partial charge < -0.3 is 109 Å². The maximum Gasteiger partial charge on any atom is 0.326 e. The largest absolute Gasteiger partial charge is 0.480 e. The summed E-state index contributed by atoms with van der Waals surface area (Å²) >= 11 is 0. The van der Waals surface area contributed by atoms with Gasteiger partial charge in [0, 0.05) is 188 Å². The third-order valence-electron chi connectivity index (χ3n) is 23.2. The number of H-pyrrole nitrogens is 8. The van der Waals surface area contributed by atoms with E-state index in [1.165, 1.54) is 0 Å². The smallest absolute Gasteiger partial charge is 0.326 e. The van der Waals surface area contributed by atoms with Crippen LogP contribution in [-0.2, 0) is 99.3 Å². The normalized spacial score (nSPS) is 14.1. The van der Waals surface area contributed by atoms with Crippen molar-refractivity contribution in [3.05, 3.63) is 288 Å². The molecule has 16 aromatic rings.